The molecule has 15 heavy (non-hydrogen) atoms. The van der Waals surface area contributed by atoms with Crippen LogP contribution in [0.1, 0.15) is 0 Å². The van der Waals surface area contributed by atoms with Gasteiger partial charge in [-0.25, -0.2) is 4.39 Å². The van der Waals surface area contributed by atoms with Crippen LogP contribution in [0.3, 0.4) is 0 Å². The van der Waals surface area contributed by atoms with Crippen LogP contribution in [0.4, 0.5) is 15.8 Å². The number of hydrogen-bond donors (Lipinski definition) is 1. The van der Waals surface area contributed by atoms with Gasteiger partial charge in [-0.1, -0.05) is 0 Å². The summed E-state index contributed by atoms with van der Waals surface area (Å²) in [6.07, 6.45) is 0. The molecule has 1 fully saturated rings. The topological polar surface area (TPSA) is 24.5 Å². The highest BCUT2D eigenvalue weighted by Gasteiger charge is 2.14. The van der Waals surface area contributed by atoms with Gasteiger partial charge in [0.1, 0.15) is 5.82 Å². The Labute approximate surface area is 88.8 Å². The zero-order chi connectivity index (χ0) is 10.7. The molecule has 3 nitrogen and oxygen atoms in total. The Morgan fingerprint density at radius 3 is 2.67 bits per heavy atom. The summed E-state index contributed by atoms with van der Waals surface area (Å²) in [5.74, 6) is -0.177. The van der Waals surface area contributed by atoms with Crippen molar-refractivity contribution in [1.29, 1.82) is 0 Å². The average Bonchev–Trinajstić information content (AvgIpc) is 2.30. The normalized spacial score (nSPS) is 16.5. The third-order valence-electron chi connectivity index (χ3n) is 2.59. The van der Waals surface area contributed by atoms with Crippen LogP contribution in [0.2, 0.25) is 0 Å². The van der Waals surface area contributed by atoms with Gasteiger partial charge in [-0.05, 0) is 18.2 Å². The maximum absolute atomic E-state index is 13.7. The van der Waals surface area contributed by atoms with Gasteiger partial charge in [-0.15, -0.1) is 0 Å². The predicted octanol–water partition coefficient (Wildman–Crippen LogP) is 1.70. The molecule has 0 aliphatic carbocycles. The number of ether oxygens (including phenoxy) is 1. The van der Waals surface area contributed by atoms with Gasteiger partial charge < -0.3 is 15.0 Å². The number of halogens is 1. The molecule has 2 rings (SSSR count). The van der Waals surface area contributed by atoms with Crippen molar-refractivity contribution in [3.63, 3.8) is 0 Å². The summed E-state index contributed by atoms with van der Waals surface area (Å²) in [4.78, 5) is 2.01. The first-order chi connectivity index (χ1) is 7.31. The standard InChI is InChI=1S/C11H15FN2O/c1-13-9-2-3-11(10(12)8-9)14-4-6-15-7-5-14/h2-3,8,13H,4-7H2,1H3. The molecule has 0 bridgehead atoms. The minimum absolute atomic E-state index is 0.177. The highest BCUT2D eigenvalue weighted by molar-refractivity contribution is 5.56. The van der Waals surface area contributed by atoms with Crippen LogP contribution in [0.25, 0.3) is 0 Å². The zero-order valence-corrected chi connectivity index (χ0v) is 8.79. The zero-order valence-electron chi connectivity index (χ0n) is 8.79. The second kappa shape index (κ2) is 4.49. The Morgan fingerprint density at radius 2 is 2.07 bits per heavy atom. The molecular weight excluding hydrogens is 195 g/mol. The Balaban J connectivity index is 2.19. The van der Waals surface area contributed by atoms with Gasteiger partial charge in [-0.2, -0.15) is 0 Å². The first-order valence-electron chi connectivity index (χ1n) is 5.11. The van der Waals surface area contributed by atoms with E-state index in [1.807, 2.05) is 17.0 Å². The molecule has 0 saturated carbocycles. The monoisotopic (exact) mass is 210 g/mol. The van der Waals surface area contributed by atoms with E-state index in [1.54, 1.807) is 7.05 Å². The summed E-state index contributed by atoms with van der Waals surface area (Å²) in [5.41, 5.74) is 1.46. The molecular formula is C11H15FN2O. The average molecular weight is 210 g/mol. The lowest BCUT2D eigenvalue weighted by atomic mass is 10.2. The van der Waals surface area contributed by atoms with Gasteiger partial charge in [0.2, 0.25) is 0 Å². The minimum atomic E-state index is -0.177. The van der Waals surface area contributed by atoms with Gasteiger partial charge in [0, 0.05) is 25.8 Å². The van der Waals surface area contributed by atoms with Crippen molar-refractivity contribution >= 4 is 11.4 Å². The minimum Gasteiger partial charge on any atom is -0.388 e. The number of rotatable bonds is 2. The summed E-state index contributed by atoms with van der Waals surface area (Å²) >= 11 is 0. The van der Waals surface area contributed by atoms with E-state index < -0.39 is 0 Å². The number of nitrogens with one attached hydrogen (secondary N) is 1. The van der Waals surface area contributed by atoms with Gasteiger partial charge in [0.25, 0.3) is 0 Å². The maximum Gasteiger partial charge on any atom is 0.148 e. The number of nitrogens with zero attached hydrogens (tertiary/aromatic N) is 1. The van der Waals surface area contributed by atoms with Crippen molar-refractivity contribution in [1.82, 2.24) is 0 Å². The molecule has 0 atom stereocenters. The third-order valence-corrected chi connectivity index (χ3v) is 2.59. The van der Waals surface area contributed by atoms with E-state index in [0.717, 1.165) is 18.8 Å². The molecule has 1 heterocycles. The SMILES string of the molecule is CNc1ccc(N2CCOCC2)c(F)c1. The maximum atomic E-state index is 13.7. The Morgan fingerprint density at radius 1 is 1.33 bits per heavy atom. The van der Waals surface area contributed by atoms with E-state index in [2.05, 4.69) is 5.32 Å². The summed E-state index contributed by atoms with van der Waals surface area (Å²) in [6.45, 7) is 2.87. The second-order valence-corrected chi connectivity index (χ2v) is 3.52. The summed E-state index contributed by atoms with van der Waals surface area (Å²) in [5, 5.41) is 2.91. The first kappa shape index (κ1) is 10.2. The number of benzene rings is 1. The van der Waals surface area contributed by atoms with E-state index in [0.29, 0.717) is 18.9 Å². The molecule has 1 saturated heterocycles. The Kier molecular flexibility index (Phi) is 3.06. The number of hydrogen-bond acceptors (Lipinski definition) is 3. The van der Waals surface area contributed by atoms with Crippen LogP contribution in [-0.4, -0.2) is 33.4 Å². The fraction of sp³-hybridized carbons (Fsp3) is 0.455. The first-order valence-corrected chi connectivity index (χ1v) is 5.11. The third kappa shape index (κ3) is 2.21. The number of anilines is 2. The molecule has 1 aliphatic heterocycles. The number of morpholine rings is 1. The van der Waals surface area contributed by atoms with Crippen LogP contribution in [-0.2, 0) is 4.74 Å². The molecule has 1 N–H and O–H groups in total. The molecule has 1 aliphatic rings. The van der Waals surface area contributed by atoms with Crippen molar-refractivity contribution in [2.24, 2.45) is 0 Å². The summed E-state index contributed by atoms with van der Waals surface area (Å²) in [7, 11) is 1.78. The molecule has 1 aromatic rings. The highest BCUT2D eigenvalue weighted by atomic mass is 19.1. The van der Waals surface area contributed by atoms with E-state index in [1.165, 1.54) is 6.07 Å². The Bertz CT molecular complexity index is 337. The van der Waals surface area contributed by atoms with Crippen LogP contribution in [0, 0.1) is 5.82 Å². The highest BCUT2D eigenvalue weighted by Crippen LogP contribution is 2.23. The van der Waals surface area contributed by atoms with Gasteiger partial charge in [-0.3, -0.25) is 0 Å². The smallest absolute Gasteiger partial charge is 0.148 e. The second-order valence-electron chi connectivity index (χ2n) is 3.52. The lowest BCUT2D eigenvalue weighted by Gasteiger charge is -2.29. The fourth-order valence-corrected chi connectivity index (χ4v) is 1.72. The van der Waals surface area contributed by atoms with Gasteiger partial charge in [0.05, 0.1) is 18.9 Å². The molecule has 4 heteroatoms. The van der Waals surface area contributed by atoms with Crippen molar-refractivity contribution in [2.75, 3.05) is 43.6 Å². The van der Waals surface area contributed by atoms with E-state index in [4.69, 9.17) is 4.74 Å². The quantitative estimate of drug-likeness (QED) is 0.804. The van der Waals surface area contributed by atoms with E-state index in [9.17, 15) is 4.39 Å². The van der Waals surface area contributed by atoms with E-state index >= 15 is 0 Å². The van der Waals surface area contributed by atoms with Crippen LogP contribution < -0.4 is 10.2 Å². The summed E-state index contributed by atoms with van der Waals surface area (Å²) < 4.78 is 18.9. The van der Waals surface area contributed by atoms with Crippen LogP contribution >= 0.6 is 0 Å². The molecule has 0 amide bonds. The van der Waals surface area contributed by atoms with Crippen LogP contribution in [0.5, 0.6) is 0 Å². The van der Waals surface area contributed by atoms with E-state index in [-0.39, 0.29) is 5.82 Å². The molecule has 1 aromatic carbocycles. The lowest BCUT2D eigenvalue weighted by molar-refractivity contribution is 0.122. The predicted molar refractivity (Wildman–Crippen MR) is 59.0 cm³/mol. The van der Waals surface area contributed by atoms with Gasteiger partial charge >= 0.3 is 0 Å². The van der Waals surface area contributed by atoms with Crippen molar-refractivity contribution in [2.45, 2.75) is 0 Å². The molecule has 0 aromatic heterocycles. The van der Waals surface area contributed by atoms with Gasteiger partial charge in [0.15, 0.2) is 0 Å². The summed E-state index contributed by atoms with van der Waals surface area (Å²) in [6, 6.07) is 5.21. The van der Waals surface area contributed by atoms with Crippen molar-refractivity contribution < 1.29 is 9.13 Å². The van der Waals surface area contributed by atoms with Crippen LogP contribution in [0.15, 0.2) is 18.2 Å². The molecule has 0 spiro atoms. The molecule has 0 unspecified atom stereocenters. The lowest BCUT2D eigenvalue weighted by Crippen LogP contribution is -2.36. The van der Waals surface area contributed by atoms with Crippen molar-refractivity contribution in [3.05, 3.63) is 24.0 Å². The fourth-order valence-electron chi connectivity index (χ4n) is 1.72. The van der Waals surface area contributed by atoms with Crippen molar-refractivity contribution in [3.8, 4) is 0 Å². The largest absolute Gasteiger partial charge is 0.388 e. The molecule has 82 valence electrons. The Hall–Kier alpha value is -1.29. The molecule has 0 radical (unpaired) electrons.